The molecule has 0 radical (unpaired) electrons. The Bertz CT molecular complexity index is 1160. The lowest BCUT2D eigenvalue weighted by Crippen LogP contribution is -2.42. The van der Waals surface area contributed by atoms with Gasteiger partial charge in [0.25, 0.3) is 0 Å². The number of nitrogens with two attached hydrogens (primary N) is 1. The summed E-state index contributed by atoms with van der Waals surface area (Å²) in [5.74, 6) is 0.113. The molecule has 0 bridgehead atoms. The predicted octanol–water partition coefficient (Wildman–Crippen LogP) is 3.80. The Balaban J connectivity index is 1.92. The van der Waals surface area contributed by atoms with Gasteiger partial charge >= 0.3 is 0 Å². The zero-order chi connectivity index (χ0) is 22.0. The molecule has 1 heterocycles. The van der Waals surface area contributed by atoms with Crippen LogP contribution >= 0.6 is 0 Å². The van der Waals surface area contributed by atoms with Gasteiger partial charge in [-0.05, 0) is 73.7 Å². The van der Waals surface area contributed by atoms with Crippen LogP contribution in [-0.4, -0.2) is 27.8 Å². The molecule has 0 saturated heterocycles. The Labute approximate surface area is 176 Å². The van der Waals surface area contributed by atoms with Gasteiger partial charge in [-0.25, -0.2) is 4.98 Å². The zero-order valence-corrected chi connectivity index (χ0v) is 18.1. The molecule has 3 rings (SSSR count). The lowest BCUT2D eigenvalue weighted by molar-refractivity contribution is -0.124. The molecule has 3 aromatic rings. The number of aromatic amines is 1. The van der Waals surface area contributed by atoms with Gasteiger partial charge in [-0.1, -0.05) is 25.1 Å². The molecule has 0 spiro atoms. The number of benzene rings is 2. The van der Waals surface area contributed by atoms with Crippen molar-refractivity contribution in [3.63, 3.8) is 0 Å². The van der Waals surface area contributed by atoms with E-state index in [-0.39, 0.29) is 5.91 Å². The predicted molar refractivity (Wildman–Crippen MR) is 121 cm³/mol. The second-order valence-corrected chi connectivity index (χ2v) is 7.72. The van der Waals surface area contributed by atoms with Gasteiger partial charge in [0.05, 0.1) is 11.0 Å². The molecule has 1 aromatic heterocycles. The molecule has 0 saturated carbocycles. The number of nitrogens with one attached hydrogen (secondary N) is 2. The number of primary amides is 1. The van der Waals surface area contributed by atoms with E-state index in [1.807, 2.05) is 19.1 Å². The quantitative estimate of drug-likeness (QED) is 0.545. The highest BCUT2D eigenvalue weighted by Gasteiger charge is 2.14. The highest BCUT2D eigenvalue weighted by molar-refractivity contribution is 5.99. The fourth-order valence-corrected chi connectivity index (χ4v) is 3.38. The monoisotopic (exact) mass is 404 g/mol. The third-order valence-corrected chi connectivity index (χ3v) is 5.29. The summed E-state index contributed by atoms with van der Waals surface area (Å²) in [6, 6.07) is 9.75. The van der Waals surface area contributed by atoms with Crippen LogP contribution in [0.25, 0.3) is 28.2 Å². The standard InChI is InChI=1S/C24H28N4O2/c1-6-22-27-20-8-7-17(12-21(20)28-22)19-11-13(2)18(9-14(19)3)10-15(4)24(30)26-16(5)23(25)29/h7-12,16H,6H2,1-5H3,(H2,25,29)(H,26,30)(H,27,28)/t16-/m1/s1. The maximum Gasteiger partial charge on any atom is 0.247 e. The van der Waals surface area contributed by atoms with Gasteiger partial charge in [0.2, 0.25) is 11.8 Å². The molecule has 2 aromatic carbocycles. The van der Waals surface area contributed by atoms with E-state index < -0.39 is 11.9 Å². The lowest BCUT2D eigenvalue weighted by Gasteiger charge is -2.13. The molecule has 4 N–H and O–H groups in total. The summed E-state index contributed by atoms with van der Waals surface area (Å²) < 4.78 is 0. The van der Waals surface area contributed by atoms with Gasteiger partial charge in [-0.2, -0.15) is 0 Å². The zero-order valence-electron chi connectivity index (χ0n) is 18.1. The number of H-pyrrole nitrogens is 1. The Hall–Kier alpha value is -3.41. The summed E-state index contributed by atoms with van der Waals surface area (Å²) >= 11 is 0. The first-order valence-corrected chi connectivity index (χ1v) is 10.1. The van der Waals surface area contributed by atoms with Crippen LogP contribution in [0.15, 0.2) is 35.9 Å². The Morgan fingerprint density at radius 1 is 1.20 bits per heavy atom. The fourth-order valence-electron chi connectivity index (χ4n) is 3.38. The molecule has 2 amide bonds. The van der Waals surface area contributed by atoms with E-state index in [4.69, 9.17) is 5.73 Å². The molecule has 6 nitrogen and oxygen atoms in total. The number of aromatic nitrogens is 2. The molecule has 156 valence electrons. The number of hydrogen-bond donors (Lipinski definition) is 3. The number of nitrogens with zero attached hydrogens (tertiary/aromatic N) is 1. The largest absolute Gasteiger partial charge is 0.368 e. The van der Waals surface area contributed by atoms with Crippen molar-refractivity contribution in [3.05, 3.63) is 58.4 Å². The van der Waals surface area contributed by atoms with Crippen LogP contribution in [0.5, 0.6) is 0 Å². The van der Waals surface area contributed by atoms with Gasteiger partial charge in [-0.3, -0.25) is 9.59 Å². The van der Waals surface area contributed by atoms with E-state index >= 15 is 0 Å². The van der Waals surface area contributed by atoms with Crippen molar-refractivity contribution >= 4 is 28.9 Å². The van der Waals surface area contributed by atoms with E-state index in [0.717, 1.165) is 51.1 Å². The number of rotatable bonds is 6. The minimum Gasteiger partial charge on any atom is -0.368 e. The third kappa shape index (κ3) is 4.43. The van der Waals surface area contributed by atoms with Crippen molar-refractivity contribution in [1.29, 1.82) is 0 Å². The van der Waals surface area contributed by atoms with Gasteiger partial charge in [-0.15, -0.1) is 0 Å². The second-order valence-electron chi connectivity index (χ2n) is 7.72. The van der Waals surface area contributed by atoms with Crippen LogP contribution in [0.4, 0.5) is 0 Å². The smallest absolute Gasteiger partial charge is 0.247 e. The van der Waals surface area contributed by atoms with Crippen molar-refractivity contribution < 1.29 is 9.59 Å². The summed E-state index contributed by atoms with van der Waals surface area (Å²) in [5, 5.41) is 2.60. The lowest BCUT2D eigenvalue weighted by atomic mass is 9.94. The number of carbonyl (C=O) groups is 2. The number of fused-ring (bicyclic) bond motifs is 1. The molecule has 0 aliphatic carbocycles. The number of amides is 2. The Kier molecular flexibility index (Phi) is 6.06. The average Bonchev–Trinajstić information content (AvgIpc) is 3.12. The number of aryl methyl sites for hydroxylation is 3. The molecule has 30 heavy (non-hydrogen) atoms. The van der Waals surface area contributed by atoms with Crippen LogP contribution in [0.2, 0.25) is 0 Å². The van der Waals surface area contributed by atoms with Gasteiger partial charge in [0, 0.05) is 12.0 Å². The summed E-state index contributed by atoms with van der Waals surface area (Å²) in [7, 11) is 0. The maximum atomic E-state index is 12.3. The second kappa shape index (κ2) is 8.53. The first kappa shape index (κ1) is 21.3. The van der Waals surface area contributed by atoms with E-state index in [1.165, 1.54) is 0 Å². The van der Waals surface area contributed by atoms with E-state index in [2.05, 4.69) is 53.4 Å². The summed E-state index contributed by atoms with van der Waals surface area (Å²) in [6.45, 7) is 9.46. The van der Waals surface area contributed by atoms with Crippen LogP contribution in [0, 0.1) is 13.8 Å². The average molecular weight is 405 g/mol. The molecule has 6 heteroatoms. The first-order valence-electron chi connectivity index (χ1n) is 10.1. The summed E-state index contributed by atoms with van der Waals surface area (Å²) in [4.78, 5) is 31.4. The topological polar surface area (TPSA) is 101 Å². The maximum absolute atomic E-state index is 12.3. The number of hydrogen-bond acceptors (Lipinski definition) is 3. The van der Waals surface area contributed by atoms with Crippen LogP contribution in [-0.2, 0) is 16.0 Å². The molecular formula is C24H28N4O2. The Morgan fingerprint density at radius 2 is 1.93 bits per heavy atom. The van der Waals surface area contributed by atoms with Crippen molar-refractivity contribution in [3.8, 4) is 11.1 Å². The van der Waals surface area contributed by atoms with Crippen LogP contribution < -0.4 is 11.1 Å². The SMILES string of the molecule is CCc1nc2ccc(-c3cc(C)c(C=C(C)C(=O)N[C@H](C)C(N)=O)cc3C)cc2[nH]1. The molecule has 0 aliphatic heterocycles. The van der Waals surface area contributed by atoms with Crippen LogP contribution in [0.1, 0.15) is 43.3 Å². The van der Waals surface area contributed by atoms with Gasteiger partial charge in [0.15, 0.2) is 0 Å². The van der Waals surface area contributed by atoms with E-state index in [0.29, 0.717) is 5.57 Å². The molecular weight excluding hydrogens is 376 g/mol. The highest BCUT2D eigenvalue weighted by Crippen LogP contribution is 2.29. The molecule has 1 atom stereocenters. The molecule has 0 fully saturated rings. The van der Waals surface area contributed by atoms with E-state index in [9.17, 15) is 9.59 Å². The summed E-state index contributed by atoms with van der Waals surface area (Å²) in [5.41, 5.74) is 13.1. The minimum absolute atomic E-state index is 0.307. The minimum atomic E-state index is -0.711. The van der Waals surface area contributed by atoms with Gasteiger partial charge in [0.1, 0.15) is 11.9 Å². The first-order chi connectivity index (χ1) is 14.2. The van der Waals surface area contributed by atoms with Gasteiger partial charge < -0.3 is 16.0 Å². The summed E-state index contributed by atoms with van der Waals surface area (Å²) in [6.07, 6.45) is 2.70. The van der Waals surface area contributed by atoms with Crippen LogP contribution in [0.3, 0.4) is 0 Å². The van der Waals surface area contributed by atoms with Crippen molar-refractivity contribution in [2.24, 2.45) is 5.73 Å². The number of carbonyl (C=O) groups excluding carboxylic acids is 2. The molecule has 0 aliphatic rings. The molecule has 0 unspecified atom stereocenters. The fraction of sp³-hybridized carbons (Fsp3) is 0.292. The normalized spacial score (nSPS) is 12.8. The number of imidazole rings is 1. The Morgan fingerprint density at radius 3 is 2.60 bits per heavy atom. The van der Waals surface area contributed by atoms with E-state index in [1.54, 1.807) is 13.8 Å². The third-order valence-electron chi connectivity index (χ3n) is 5.29. The highest BCUT2D eigenvalue weighted by atomic mass is 16.2. The van der Waals surface area contributed by atoms with Crippen molar-refractivity contribution in [2.75, 3.05) is 0 Å². The van der Waals surface area contributed by atoms with Crippen molar-refractivity contribution in [2.45, 2.75) is 47.1 Å². The van der Waals surface area contributed by atoms with Crippen molar-refractivity contribution in [1.82, 2.24) is 15.3 Å².